The Labute approximate surface area is 71.5 Å². The summed E-state index contributed by atoms with van der Waals surface area (Å²) in [5.74, 6) is 0.734. The molecule has 2 aliphatic heterocycles. The second kappa shape index (κ2) is 3.30. The molecule has 0 aromatic carbocycles. The molecule has 0 spiro atoms. The Bertz CT molecular complexity index is 272. The number of hydrogen-bond acceptors (Lipinski definition) is 2. The van der Waals surface area contributed by atoms with Crippen LogP contribution in [-0.4, -0.2) is 6.61 Å². The molecule has 0 aromatic heterocycles. The van der Waals surface area contributed by atoms with E-state index in [1.165, 1.54) is 0 Å². The zero-order chi connectivity index (χ0) is 8.23. The average molecular weight is 160 g/mol. The van der Waals surface area contributed by atoms with Crippen molar-refractivity contribution in [2.45, 2.75) is 0 Å². The SMILES string of the molecule is [C]1=CC=CO[C]1C1=CC=CCO1. The predicted octanol–water partition coefficient (Wildman–Crippen LogP) is 1.89. The minimum absolute atomic E-state index is 0.601. The van der Waals surface area contributed by atoms with Crippen LogP contribution in [0.25, 0.3) is 0 Å². The molecule has 0 aromatic rings. The van der Waals surface area contributed by atoms with Gasteiger partial charge in [0.2, 0.25) is 6.10 Å². The number of ether oxygens (including phenoxy) is 2. The van der Waals surface area contributed by atoms with Crippen molar-refractivity contribution in [3.8, 4) is 0 Å². The highest BCUT2D eigenvalue weighted by Crippen LogP contribution is 2.22. The van der Waals surface area contributed by atoms with Crippen molar-refractivity contribution >= 4 is 0 Å². The van der Waals surface area contributed by atoms with Crippen molar-refractivity contribution in [3.63, 3.8) is 0 Å². The van der Waals surface area contributed by atoms with Crippen molar-refractivity contribution in [2.24, 2.45) is 0 Å². The third-order valence-corrected chi connectivity index (χ3v) is 1.52. The average Bonchev–Trinajstić information content (AvgIpc) is 2.21. The zero-order valence-electron chi connectivity index (χ0n) is 6.49. The van der Waals surface area contributed by atoms with E-state index in [1.807, 2.05) is 18.2 Å². The van der Waals surface area contributed by atoms with E-state index in [4.69, 9.17) is 9.47 Å². The van der Waals surface area contributed by atoms with E-state index in [1.54, 1.807) is 18.4 Å². The molecule has 0 aliphatic carbocycles. The third kappa shape index (κ3) is 1.42. The lowest BCUT2D eigenvalue weighted by molar-refractivity contribution is 0.178. The molecular weight excluding hydrogens is 152 g/mol. The van der Waals surface area contributed by atoms with Gasteiger partial charge in [0, 0.05) is 6.08 Å². The zero-order valence-corrected chi connectivity index (χ0v) is 6.49. The molecule has 0 fully saturated rings. The number of rotatable bonds is 1. The van der Waals surface area contributed by atoms with E-state index in [0.717, 1.165) is 5.76 Å². The summed E-state index contributed by atoms with van der Waals surface area (Å²) in [5, 5.41) is 0. The summed E-state index contributed by atoms with van der Waals surface area (Å²) in [7, 11) is 0. The summed E-state index contributed by atoms with van der Waals surface area (Å²) in [4.78, 5) is 0. The van der Waals surface area contributed by atoms with Gasteiger partial charge in [-0.3, -0.25) is 0 Å². The number of hydrogen-bond donors (Lipinski definition) is 0. The fourth-order valence-electron chi connectivity index (χ4n) is 0.972. The summed E-state index contributed by atoms with van der Waals surface area (Å²) >= 11 is 0. The highest BCUT2D eigenvalue weighted by Gasteiger charge is 2.17. The molecule has 0 atom stereocenters. The van der Waals surface area contributed by atoms with Gasteiger partial charge in [0.15, 0.2) is 0 Å². The van der Waals surface area contributed by atoms with Crippen LogP contribution in [0.15, 0.2) is 42.4 Å². The van der Waals surface area contributed by atoms with E-state index in [0.29, 0.717) is 12.7 Å². The first kappa shape index (κ1) is 7.22. The van der Waals surface area contributed by atoms with Gasteiger partial charge in [0.1, 0.15) is 12.4 Å². The second-order valence-corrected chi connectivity index (χ2v) is 2.36. The normalized spacial score (nSPS) is 21.5. The van der Waals surface area contributed by atoms with Crippen LogP contribution in [-0.2, 0) is 9.47 Å². The van der Waals surface area contributed by atoms with E-state index in [9.17, 15) is 0 Å². The molecule has 2 nitrogen and oxygen atoms in total. The Morgan fingerprint density at radius 3 is 3.00 bits per heavy atom. The van der Waals surface area contributed by atoms with Crippen LogP contribution >= 0.6 is 0 Å². The van der Waals surface area contributed by atoms with Crippen molar-refractivity contribution in [2.75, 3.05) is 6.61 Å². The van der Waals surface area contributed by atoms with Gasteiger partial charge in [-0.1, -0.05) is 12.2 Å². The molecule has 2 heteroatoms. The molecule has 0 saturated heterocycles. The maximum atomic E-state index is 5.31. The number of allylic oxidation sites excluding steroid dienone is 4. The van der Waals surface area contributed by atoms with Gasteiger partial charge in [0.25, 0.3) is 0 Å². The molecule has 0 unspecified atom stereocenters. The van der Waals surface area contributed by atoms with Crippen LogP contribution in [0.3, 0.4) is 0 Å². The smallest absolute Gasteiger partial charge is 0.241 e. The van der Waals surface area contributed by atoms with Gasteiger partial charge in [-0.05, 0) is 18.2 Å². The fraction of sp³-hybridized carbons (Fsp3) is 0.100. The second-order valence-electron chi connectivity index (χ2n) is 2.36. The summed E-state index contributed by atoms with van der Waals surface area (Å²) in [6.45, 7) is 0.601. The Balaban J connectivity index is 2.09. The van der Waals surface area contributed by atoms with Gasteiger partial charge in [-0.15, -0.1) is 0 Å². The van der Waals surface area contributed by atoms with E-state index < -0.39 is 0 Å². The molecule has 2 rings (SSSR count). The van der Waals surface area contributed by atoms with Crippen molar-refractivity contribution in [1.82, 2.24) is 0 Å². The molecular formula is C10H8O2. The molecule has 2 radical (unpaired) electrons. The lowest BCUT2D eigenvalue weighted by atomic mass is 10.2. The van der Waals surface area contributed by atoms with Crippen LogP contribution in [0.2, 0.25) is 0 Å². The largest absolute Gasteiger partial charge is 0.489 e. The molecule has 0 amide bonds. The highest BCUT2D eigenvalue weighted by atomic mass is 16.5. The van der Waals surface area contributed by atoms with Crippen LogP contribution < -0.4 is 0 Å². The monoisotopic (exact) mass is 160 g/mol. The van der Waals surface area contributed by atoms with Crippen molar-refractivity contribution in [1.29, 1.82) is 0 Å². The molecule has 60 valence electrons. The van der Waals surface area contributed by atoms with Gasteiger partial charge in [-0.25, -0.2) is 0 Å². The fourth-order valence-corrected chi connectivity index (χ4v) is 0.972. The minimum Gasteiger partial charge on any atom is -0.489 e. The Kier molecular flexibility index (Phi) is 1.99. The van der Waals surface area contributed by atoms with E-state index in [2.05, 4.69) is 6.08 Å². The Morgan fingerprint density at radius 2 is 2.33 bits per heavy atom. The third-order valence-electron chi connectivity index (χ3n) is 1.52. The maximum absolute atomic E-state index is 5.31. The van der Waals surface area contributed by atoms with Gasteiger partial charge in [0.05, 0.1) is 6.26 Å². The lowest BCUT2D eigenvalue weighted by Gasteiger charge is -2.17. The standard InChI is InChI=1S/C10H8O2/c1-3-7-11-9(5-1)10-6-2-4-8-12-10/h1-5,8H,7H2. The molecule has 2 aliphatic rings. The maximum Gasteiger partial charge on any atom is 0.241 e. The van der Waals surface area contributed by atoms with E-state index in [-0.39, 0.29) is 0 Å². The van der Waals surface area contributed by atoms with Crippen molar-refractivity contribution in [3.05, 3.63) is 54.6 Å². The Morgan fingerprint density at radius 1 is 1.33 bits per heavy atom. The Hall–Kier alpha value is -1.44. The topological polar surface area (TPSA) is 18.5 Å². The van der Waals surface area contributed by atoms with Gasteiger partial charge in [-0.2, -0.15) is 0 Å². The van der Waals surface area contributed by atoms with Crippen LogP contribution in [0.1, 0.15) is 0 Å². The molecule has 0 N–H and O–H groups in total. The van der Waals surface area contributed by atoms with Crippen molar-refractivity contribution < 1.29 is 9.47 Å². The summed E-state index contributed by atoms with van der Waals surface area (Å²) in [5.41, 5.74) is 0. The molecule has 2 heterocycles. The molecule has 0 bridgehead atoms. The molecule has 0 saturated carbocycles. The van der Waals surface area contributed by atoms with E-state index >= 15 is 0 Å². The summed E-state index contributed by atoms with van der Waals surface area (Å²) < 4.78 is 10.5. The molecule has 12 heavy (non-hydrogen) atoms. The van der Waals surface area contributed by atoms with Crippen LogP contribution in [0, 0.1) is 12.2 Å². The summed E-state index contributed by atoms with van der Waals surface area (Å²) in [6, 6.07) is 0. The first-order valence-electron chi connectivity index (χ1n) is 3.75. The quantitative estimate of drug-likeness (QED) is 0.583. The summed E-state index contributed by atoms with van der Waals surface area (Å²) in [6.07, 6.45) is 14.5. The predicted molar refractivity (Wildman–Crippen MR) is 44.5 cm³/mol. The van der Waals surface area contributed by atoms with Crippen LogP contribution in [0.4, 0.5) is 0 Å². The first-order valence-corrected chi connectivity index (χ1v) is 3.75. The first-order chi connectivity index (χ1) is 5.97. The minimum atomic E-state index is 0.601. The van der Waals surface area contributed by atoms with Crippen LogP contribution in [0.5, 0.6) is 0 Å². The highest BCUT2D eigenvalue weighted by molar-refractivity contribution is 5.29. The van der Waals surface area contributed by atoms with Gasteiger partial charge >= 0.3 is 0 Å². The lowest BCUT2D eigenvalue weighted by Crippen LogP contribution is -2.08. The van der Waals surface area contributed by atoms with Gasteiger partial charge < -0.3 is 9.47 Å².